The van der Waals surface area contributed by atoms with Crippen LogP contribution in [0.25, 0.3) is 16.7 Å². The zero-order valence-corrected chi connectivity index (χ0v) is 18.7. The zero-order valence-electron chi connectivity index (χ0n) is 17.2. The lowest BCUT2D eigenvalue weighted by Crippen LogP contribution is -2.24. The number of fused-ring (bicyclic) bond motifs is 3. The van der Waals surface area contributed by atoms with E-state index in [1.807, 2.05) is 46.9 Å². The van der Waals surface area contributed by atoms with Gasteiger partial charge in [0.05, 0.1) is 17.5 Å². The second kappa shape index (κ2) is 10.2. The normalized spacial score (nSPS) is 11.4. The van der Waals surface area contributed by atoms with Gasteiger partial charge in [0, 0.05) is 31.0 Å². The lowest BCUT2D eigenvalue weighted by atomic mass is 10.2. The second-order valence-electron chi connectivity index (χ2n) is 6.95. The van der Waals surface area contributed by atoms with Crippen LogP contribution < -0.4 is 10.3 Å². The number of ether oxygens (including phenoxy) is 2. The fourth-order valence-corrected chi connectivity index (χ4v) is 4.40. The van der Waals surface area contributed by atoms with Crippen LogP contribution in [-0.4, -0.2) is 45.2 Å². The number of benzene rings is 2. The fraction of sp³-hybridized carbons (Fsp3) is 0.318. The first-order valence-corrected chi connectivity index (χ1v) is 11.4. The summed E-state index contributed by atoms with van der Waals surface area (Å²) in [6.07, 6.45) is 1.55. The van der Waals surface area contributed by atoms with Gasteiger partial charge in [-0.2, -0.15) is 0 Å². The van der Waals surface area contributed by atoms with E-state index in [-0.39, 0.29) is 5.56 Å². The van der Waals surface area contributed by atoms with E-state index in [4.69, 9.17) is 21.1 Å². The molecule has 2 aromatic carbocycles. The SMILES string of the molecule is COCCCn1c(=O)c2ccccc2n2c(SCCCOc3cccc(Cl)c3)nnc12. The van der Waals surface area contributed by atoms with Gasteiger partial charge in [-0.25, -0.2) is 0 Å². The lowest BCUT2D eigenvalue weighted by Gasteiger charge is -2.11. The van der Waals surface area contributed by atoms with E-state index in [1.165, 1.54) is 0 Å². The number of rotatable bonds is 10. The molecule has 7 nitrogen and oxygen atoms in total. The molecule has 0 aliphatic heterocycles. The Morgan fingerprint density at radius 2 is 1.94 bits per heavy atom. The molecule has 0 aliphatic carbocycles. The van der Waals surface area contributed by atoms with Crippen molar-refractivity contribution in [2.45, 2.75) is 24.5 Å². The van der Waals surface area contributed by atoms with Crippen LogP contribution in [0.5, 0.6) is 5.75 Å². The number of aromatic nitrogens is 4. The van der Waals surface area contributed by atoms with Gasteiger partial charge in [0.25, 0.3) is 5.56 Å². The first kappa shape index (κ1) is 21.7. The van der Waals surface area contributed by atoms with Crippen molar-refractivity contribution in [2.24, 2.45) is 0 Å². The molecular formula is C22H23ClN4O3S. The summed E-state index contributed by atoms with van der Waals surface area (Å²) in [7, 11) is 1.65. The van der Waals surface area contributed by atoms with Crippen molar-refractivity contribution in [3.63, 3.8) is 0 Å². The van der Waals surface area contributed by atoms with E-state index >= 15 is 0 Å². The molecule has 4 aromatic rings. The topological polar surface area (TPSA) is 70.7 Å². The minimum absolute atomic E-state index is 0.0573. The summed E-state index contributed by atoms with van der Waals surface area (Å²) < 4.78 is 14.5. The van der Waals surface area contributed by atoms with Crippen LogP contribution in [0, 0.1) is 0 Å². The van der Waals surface area contributed by atoms with Crippen LogP contribution >= 0.6 is 23.4 Å². The Hall–Kier alpha value is -2.55. The van der Waals surface area contributed by atoms with Crippen LogP contribution in [0.15, 0.2) is 58.5 Å². The maximum atomic E-state index is 13.0. The number of nitrogens with zero attached hydrogens (tertiary/aromatic N) is 4. The highest BCUT2D eigenvalue weighted by Gasteiger charge is 2.16. The molecular weight excluding hydrogens is 436 g/mol. The molecule has 4 rings (SSSR count). The molecule has 0 atom stereocenters. The molecule has 0 spiro atoms. The molecule has 0 saturated heterocycles. The standard InChI is InChI=1S/C22H23ClN4O3S/c1-29-12-5-11-26-20(28)18-9-2-3-10-19(18)27-21(26)24-25-22(27)31-14-6-13-30-17-8-4-7-16(23)15-17/h2-4,7-10,15H,5-6,11-14H2,1H3. The van der Waals surface area contributed by atoms with Crippen LogP contribution in [0.3, 0.4) is 0 Å². The molecule has 0 amide bonds. The molecule has 31 heavy (non-hydrogen) atoms. The van der Waals surface area contributed by atoms with Gasteiger partial charge in [-0.15, -0.1) is 10.2 Å². The highest BCUT2D eigenvalue weighted by Crippen LogP contribution is 2.23. The smallest absolute Gasteiger partial charge is 0.262 e. The van der Waals surface area contributed by atoms with Gasteiger partial charge in [-0.1, -0.05) is 41.6 Å². The third-order valence-corrected chi connectivity index (χ3v) is 6.04. The number of para-hydroxylation sites is 1. The van der Waals surface area contributed by atoms with Crippen molar-refractivity contribution < 1.29 is 9.47 Å². The maximum Gasteiger partial charge on any atom is 0.262 e. The van der Waals surface area contributed by atoms with Gasteiger partial charge < -0.3 is 9.47 Å². The minimum atomic E-state index is -0.0573. The molecule has 0 N–H and O–H groups in total. The summed E-state index contributed by atoms with van der Waals surface area (Å²) in [6, 6.07) is 14.9. The number of methoxy groups -OCH3 is 1. The van der Waals surface area contributed by atoms with Crippen molar-refractivity contribution in [3.8, 4) is 5.75 Å². The Kier molecular flexibility index (Phi) is 7.11. The largest absolute Gasteiger partial charge is 0.494 e. The van der Waals surface area contributed by atoms with Gasteiger partial charge in [0.2, 0.25) is 5.78 Å². The number of halogens is 1. The average Bonchev–Trinajstić information content (AvgIpc) is 3.20. The Morgan fingerprint density at radius 1 is 1.06 bits per heavy atom. The van der Waals surface area contributed by atoms with Crippen LogP contribution in [-0.2, 0) is 11.3 Å². The quantitative estimate of drug-likeness (QED) is 0.261. The zero-order chi connectivity index (χ0) is 21.6. The van der Waals surface area contributed by atoms with Gasteiger partial charge in [-0.05, 0) is 43.2 Å². The third-order valence-electron chi connectivity index (χ3n) is 4.79. The van der Waals surface area contributed by atoms with Crippen molar-refractivity contribution >= 4 is 40.0 Å². The number of thioether (sulfide) groups is 1. The minimum Gasteiger partial charge on any atom is -0.494 e. The van der Waals surface area contributed by atoms with Crippen molar-refractivity contribution in [2.75, 3.05) is 26.1 Å². The van der Waals surface area contributed by atoms with Crippen LogP contribution in [0.1, 0.15) is 12.8 Å². The summed E-state index contributed by atoms with van der Waals surface area (Å²) in [5.74, 6) is 2.12. The van der Waals surface area contributed by atoms with Crippen molar-refractivity contribution in [1.82, 2.24) is 19.2 Å². The van der Waals surface area contributed by atoms with Gasteiger partial charge in [0.15, 0.2) is 5.16 Å². The van der Waals surface area contributed by atoms with Gasteiger partial charge >= 0.3 is 0 Å². The first-order chi connectivity index (χ1) is 15.2. The Labute approximate surface area is 188 Å². The summed E-state index contributed by atoms with van der Waals surface area (Å²) in [4.78, 5) is 13.0. The molecule has 0 saturated carbocycles. The molecule has 0 aliphatic rings. The van der Waals surface area contributed by atoms with Crippen molar-refractivity contribution in [3.05, 3.63) is 63.9 Å². The van der Waals surface area contributed by atoms with E-state index < -0.39 is 0 Å². The highest BCUT2D eigenvalue weighted by atomic mass is 35.5. The van der Waals surface area contributed by atoms with Crippen LogP contribution in [0.2, 0.25) is 5.02 Å². The molecule has 0 unspecified atom stereocenters. The Balaban J connectivity index is 1.52. The lowest BCUT2D eigenvalue weighted by molar-refractivity contribution is 0.190. The molecule has 2 aromatic heterocycles. The first-order valence-electron chi connectivity index (χ1n) is 10.1. The molecule has 162 valence electrons. The van der Waals surface area contributed by atoms with Crippen molar-refractivity contribution in [1.29, 1.82) is 0 Å². The maximum absolute atomic E-state index is 13.0. The van der Waals surface area contributed by atoms with E-state index in [9.17, 15) is 4.79 Å². The molecule has 2 heterocycles. The Morgan fingerprint density at radius 3 is 2.77 bits per heavy atom. The van der Waals surface area contributed by atoms with E-state index in [1.54, 1.807) is 29.5 Å². The van der Waals surface area contributed by atoms with Crippen LogP contribution in [0.4, 0.5) is 0 Å². The highest BCUT2D eigenvalue weighted by molar-refractivity contribution is 7.99. The van der Waals surface area contributed by atoms with E-state index in [0.29, 0.717) is 35.9 Å². The molecule has 9 heteroatoms. The summed E-state index contributed by atoms with van der Waals surface area (Å²) in [6.45, 7) is 1.68. The molecule has 0 fully saturated rings. The number of aryl methyl sites for hydroxylation is 1. The van der Waals surface area contributed by atoms with Gasteiger partial charge in [-0.3, -0.25) is 13.8 Å². The number of hydrogen-bond donors (Lipinski definition) is 0. The summed E-state index contributed by atoms with van der Waals surface area (Å²) in [5, 5.41) is 10.8. The summed E-state index contributed by atoms with van der Waals surface area (Å²) in [5.41, 5.74) is 0.756. The van der Waals surface area contributed by atoms with E-state index in [0.717, 1.165) is 35.0 Å². The fourth-order valence-electron chi connectivity index (χ4n) is 3.36. The predicted octanol–water partition coefficient (Wildman–Crippen LogP) is 4.30. The molecule has 0 radical (unpaired) electrons. The van der Waals surface area contributed by atoms with Gasteiger partial charge in [0.1, 0.15) is 5.75 Å². The monoisotopic (exact) mass is 458 g/mol. The third kappa shape index (κ3) is 4.87. The predicted molar refractivity (Wildman–Crippen MR) is 124 cm³/mol. The Bertz CT molecular complexity index is 1240. The average molecular weight is 459 g/mol. The van der Waals surface area contributed by atoms with E-state index in [2.05, 4.69) is 10.2 Å². The number of hydrogen-bond acceptors (Lipinski definition) is 6. The summed E-state index contributed by atoms with van der Waals surface area (Å²) >= 11 is 7.58. The second-order valence-corrected chi connectivity index (χ2v) is 8.44. The molecule has 0 bridgehead atoms.